The van der Waals surface area contributed by atoms with E-state index in [4.69, 9.17) is 14.3 Å². The maximum atomic E-state index is 12.1. The fraction of sp³-hybridized carbons (Fsp3) is 0.625. The van der Waals surface area contributed by atoms with Gasteiger partial charge in [-0.3, -0.25) is 0 Å². The number of nitrogens with one attached hydrogen (secondary N) is 1. The Morgan fingerprint density at radius 1 is 1.30 bits per heavy atom. The number of carbonyl (C=O) groups excluding carboxylic acids is 1. The highest BCUT2D eigenvalue weighted by Crippen LogP contribution is 2.10. The normalized spacial score (nSPS) is 11.3. The molecular formula is C16H26N2O5. The number of amides is 1. The van der Waals surface area contributed by atoms with Gasteiger partial charge >= 0.3 is 12.1 Å². The number of furan rings is 1. The highest BCUT2D eigenvalue weighted by Gasteiger charge is 2.21. The Bertz CT molecular complexity index is 519. The first-order chi connectivity index (χ1) is 10.7. The third-order valence-corrected chi connectivity index (χ3v) is 2.88. The van der Waals surface area contributed by atoms with Crippen LogP contribution >= 0.6 is 0 Å². The van der Waals surface area contributed by atoms with Crippen molar-refractivity contribution in [1.29, 1.82) is 0 Å². The van der Waals surface area contributed by atoms with Crippen LogP contribution < -0.4 is 5.32 Å². The van der Waals surface area contributed by atoms with Crippen molar-refractivity contribution >= 4 is 12.1 Å². The molecule has 0 fully saturated rings. The molecular weight excluding hydrogens is 300 g/mol. The minimum Gasteiger partial charge on any atom is -0.475 e. The molecule has 0 aliphatic rings. The maximum absolute atomic E-state index is 12.1. The van der Waals surface area contributed by atoms with Crippen LogP contribution in [0.4, 0.5) is 4.79 Å². The summed E-state index contributed by atoms with van der Waals surface area (Å²) in [5, 5.41) is 11.9. The summed E-state index contributed by atoms with van der Waals surface area (Å²) in [4.78, 5) is 24.5. The van der Waals surface area contributed by atoms with Gasteiger partial charge in [0.1, 0.15) is 11.4 Å². The largest absolute Gasteiger partial charge is 0.475 e. The van der Waals surface area contributed by atoms with Gasteiger partial charge in [0.05, 0.1) is 6.54 Å². The lowest BCUT2D eigenvalue weighted by atomic mass is 10.2. The summed E-state index contributed by atoms with van der Waals surface area (Å²) in [5.74, 6) is -0.625. The first kappa shape index (κ1) is 19.0. The lowest BCUT2D eigenvalue weighted by Gasteiger charge is -2.27. The third-order valence-electron chi connectivity index (χ3n) is 2.88. The van der Waals surface area contributed by atoms with Gasteiger partial charge in [0.15, 0.2) is 0 Å². The van der Waals surface area contributed by atoms with Crippen molar-refractivity contribution in [2.75, 3.05) is 19.6 Å². The van der Waals surface area contributed by atoms with Crippen LogP contribution in [-0.2, 0) is 11.3 Å². The number of nitrogens with zero attached hydrogens (tertiary/aromatic N) is 1. The van der Waals surface area contributed by atoms with Gasteiger partial charge in [-0.2, -0.15) is 0 Å². The zero-order valence-corrected chi connectivity index (χ0v) is 14.2. The summed E-state index contributed by atoms with van der Waals surface area (Å²) in [5.41, 5.74) is -0.516. The Morgan fingerprint density at radius 2 is 2.00 bits per heavy atom. The van der Waals surface area contributed by atoms with E-state index in [0.717, 1.165) is 6.42 Å². The molecule has 23 heavy (non-hydrogen) atoms. The van der Waals surface area contributed by atoms with Crippen LogP contribution in [0.3, 0.4) is 0 Å². The number of carboxylic acid groups (broad SMARTS) is 1. The average Bonchev–Trinajstić information content (AvgIpc) is 2.89. The molecule has 0 aliphatic heterocycles. The molecule has 130 valence electrons. The Morgan fingerprint density at radius 3 is 2.52 bits per heavy atom. The second-order valence-electron chi connectivity index (χ2n) is 6.22. The van der Waals surface area contributed by atoms with Gasteiger partial charge < -0.3 is 24.5 Å². The summed E-state index contributed by atoms with van der Waals surface area (Å²) in [6.07, 6.45) is 0.520. The topological polar surface area (TPSA) is 92.0 Å². The van der Waals surface area contributed by atoms with E-state index in [0.29, 0.717) is 31.9 Å². The van der Waals surface area contributed by atoms with Crippen molar-refractivity contribution in [3.05, 3.63) is 23.7 Å². The number of carbonyl (C=O) groups is 2. The first-order valence-electron chi connectivity index (χ1n) is 7.73. The van der Waals surface area contributed by atoms with E-state index in [1.807, 2.05) is 27.7 Å². The zero-order valence-electron chi connectivity index (χ0n) is 14.2. The van der Waals surface area contributed by atoms with Crippen molar-refractivity contribution in [1.82, 2.24) is 10.2 Å². The Kier molecular flexibility index (Phi) is 7.09. The smallest absolute Gasteiger partial charge is 0.410 e. The molecule has 7 nitrogen and oxygen atoms in total. The molecule has 1 heterocycles. The second kappa shape index (κ2) is 8.57. The predicted molar refractivity (Wildman–Crippen MR) is 85.5 cm³/mol. The van der Waals surface area contributed by atoms with Gasteiger partial charge in [-0.05, 0) is 39.3 Å². The van der Waals surface area contributed by atoms with E-state index in [2.05, 4.69) is 5.32 Å². The van der Waals surface area contributed by atoms with Gasteiger partial charge in [0, 0.05) is 19.6 Å². The second-order valence-corrected chi connectivity index (χ2v) is 6.22. The van der Waals surface area contributed by atoms with E-state index in [-0.39, 0.29) is 11.9 Å². The van der Waals surface area contributed by atoms with Crippen LogP contribution in [0.5, 0.6) is 0 Å². The molecule has 1 amide bonds. The summed E-state index contributed by atoms with van der Waals surface area (Å²) in [6.45, 7) is 9.61. The van der Waals surface area contributed by atoms with Crippen molar-refractivity contribution in [2.45, 2.75) is 46.3 Å². The molecule has 0 bridgehead atoms. The van der Waals surface area contributed by atoms with E-state index in [1.54, 1.807) is 11.0 Å². The SMILES string of the molecule is CCCN(CCNCc1ccc(C(=O)O)o1)C(=O)OC(C)(C)C. The lowest BCUT2D eigenvalue weighted by Crippen LogP contribution is -2.40. The van der Waals surface area contributed by atoms with Gasteiger partial charge in [-0.15, -0.1) is 0 Å². The van der Waals surface area contributed by atoms with Crippen molar-refractivity contribution in [2.24, 2.45) is 0 Å². The molecule has 0 saturated heterocycles. The van der Waals surface area contributed by atoms with Crippen LogP contribution in [0.25, 0.3) is 0 Å². The molecule has 2 N–H and O–H groups in total. The molecule has 0 saturated carbocycles. The molecule has 0 unspecified atom stereocenters. The fourth-order valence-electron chi connectivity index (χ4n) is 1.90. The van der Waals surface area contributed by atoms with Crippen LogP contribution in [0.1, 0.15) is 50.4 Å². The summed E-state index contributed by atoms with van der Waals surface area (Å²) >= 11 is 0. The Hall–Kier alpha value is -2.02. The number of aromatic carboxylic acids is 1. The quantitative estimate of drug-likeness (QED) is 0.714. The molecule has 0 aliphatic carbocycles. The van der Waals surface area contributed by atoms with E-state index >= 15 is 0 Å². The highest BCUT2D eigenvalue weighted by molar-refractivity contribution is 5.84. The van der Waals surface area contributed by atoms with Gasteiger partial charge in [0.2, 0.25) is 5.76 Å². The van der Waals surface area contributed by atoms with Crippen molar-refractivity contribution < 1.29 is 23.8 Å². The van der Waals surface area contributed by atoms with Gasteiger partial charge in [0.25, 0.3) is 0 Å². The van der Waals surface area contributed by atoms with Crippen LogP contribution in [0.2, 0.25) is 0 Å². The molecule has 1 aromatic heterocycles. The fourth-order valence-corrected chi connectivity index (χ4v) is 1.90. The molecule has 0 aromatic carbocycles. The zero-order chi connectivity index (χ0) is 17.5. The molecule has 1 rings (SSSR count). The van der Waals surface area contributed by atoms with Crippen LogP contribution in [-0.4, -0.2) is 47.3 Å². The number of carboxylic acids is 1. The van der Waals surface area contributed by atoms with E-state index in [1.165, 1.54) is 6.07 Å². The van der Waals surface area contributed by atoms with E-state index in [9.17, 15) is 9.59 Å². The third kappa shape index (κ3) is 7.19. The minimum absolute atomic E-state index is 0.0804. The molecule has 0 atom stereocenters. The Labute approximate surface area is 136 Å². The maximum Gasteiger partial charge on any atom is 0.410 e. The number of ether oxygens (including phenoxy) is 1. The average molecular weight is 326 g/mol. The van der Waals surface area contributed by atoms with Gasteiger partial charge in [-0.25, -0.2) is 9.59 Å². The number of rotatable bonds is 8. The van der Waals surface area contributed by atoms with Crippen LogP contribution in [0, 0.1) is 0 Å². The predicted octanol–water partition coefficient (Wildman–Crippen LogP) is 2.71. The van der Waals surface area contributed by atoms with E-state index < -0.39 is 11.6 Å². The molecule has 1 aromatic rings. The van der Waals surface area contributed by atoms with Crippen molar-refractivity contribution in [3.63, 3.8) is 0 Å². The summed E-state index contributed by atoms with van der Waals surface area (Å²) in [6, 6.07) is 3.04. The molecule has 0 spiro atoms. The standard InChI is InChI=1S/C16H26N2O5/c1-5-9-18(15(21)23-16(2,3)4)10-8-17-11-12-6-7-13(22-12)14(19)20/h6-7,17H,5,8-11H2,1-4H3,(H,19,20). The monoisotopic (exact) mass is 326 g/mol. The number of hydrogen-bond donors (Lipinski definition) is 2. The Balaban J connectivity index is 2.40. The summed E-state index contributed by atoms with van der Waals surface area (Å²) in [7, 11) is 0. The molecule has 0 radical (unpaired) electrons. The minimum atomic E-state index is -1.09. The van der Waals surface area contributed by atoms with Crippen LogP contribution in [0.15, 0.2) is 16.5 Å². The first-order valence-corrected chi connectivity index (χ1v) is 7.73. The molecule has 7 heteroatoms. The lowest BCUT2D eigenvalue weighted by molar-refractivity contribution is 0.0251. The highest BCUT2D eigenvalue weighted by atomic mass is 16.6. The summed E-state index contributed by atoms with van der Waals surface area (Å²) < 4.78 is 10.5. The van der Waals surface area contributed by atoms with Crippen molar-refractivity contribution in [3.8, 4) is 0 Å². The number of hydrogen-bond acceptors (Lipinski definition) is 5. The van der Waals surface area contributed by atoms with Gasteiger partial charge in [-0.1, -0.05) is 6.92 Å².